The standard InChI is InChI=1S/C21H22N6O/c1-21(2,3)17-10-14(26-20(24)27-17)11-8-12(22)18-16(9-11)28-15-7-5-4-6-13(15)25-19(18)23/h4-10H,22H2,1-3H3,(H2,23,25)(H2,24,26,27). The van der Waals surface area contributed by atoms with E-state index in [1.165, 1.54) is 0 Å². The maximum Gasteiger partial charge on any atom is 0.220 e. The SMILES string of the molecule is CC(C)(C)c1cc(-c2cc(N)c3c(c2)Oc2ccccc2N=C3N)nc(N)n1. The lowest BCUT2D eigenvalue weighted by Gasteiger charge is -2.19. The van der Waals surface area contributed by atoms with Crippen LogP contribution in [0.5, 0.6) is 11.5 Å². The molecule has 2 heterocycles. The fraction of sp³-hybridized carbons (Fsp3) is 0.190. The maximum atomic E-state index is 6.32. The van der Waals surface area contributed by atoms with Gasteiger partial charge in [0, 0.05) is 16.7 Å². The zero-order chi connectivity index (χ0) is 20.1. The van der Waals surface area contributed by atoms with Crippen molar-refractivity contribution in [1.82, 2.24) is 9.97 Å². The number of nitrogen functional groups attached to an aromatic ring is 2. The topological polar surface area (TPSA) is 125 Å². The lowest BCUT2D eigenvalue weighted by Crippen LogP contribution is -2.16. The predicted molar refractivity (Wildman–Crippen MR) is 112 cm³/mol. The summed E-state index contributed by atoms with van der Waals surface area (Å²) in [5, 5.41) is 0. The molecule has 1 aliphatic rings. The molecule has 28 heavy (non-hydrogen) atoms. The van der Waals surface area contributed by atoms with E-state index in [1.807, 2.05) is 36.4 Å². The van der Waals surface area contributed by atoms with Crippen LogP contribution in [0.25, 0.3) is 11.3 Å². The Morgan fingerprint density at radius 3 is 2.39 bits per heavy atom. The van der Waals surface area contributed by atoms with E-state index in [2.05, 4.69) is 35.7 Å². The van der Waals surface area contributed by atoms with Gasteiger partial charge in [0.2, 0.25) is 5.95 Å². The van der Waals surface area contributed by atoms with Crippen molar-refractivity contribution in [1.29, 1.82) is 0 Å². The smallest absolute Gasteiger partial charge is 0.220 e. The number of amidine groups is 1. The number of benzene rings is 2. The Balaban J connectivity index is 1.89. The summed E-state index contributed by atoms with van der Waals surface area (Å²) in [4.78, 5) is 13.2. The molecule has 1 aliphatic heterocycles. The second kappa shape index (κ2) is 6.23. The first-order chi connectivity index (χ1) is 13.2. The molecule has 7 heteroatoms. The first kappa shape index (κ1) is 17.8. The Kier molecular flexibility index (Phi) is 3.96. The monoisotopic (exact) mass is 374 g/mol. The van der Waals surface area contributed by atoms with Crippen LogP contribution in [0, 0.1) is 0 Å². The van der Waals surface area contributed by atoms with Gasteiger partial charge in [-0.15, -0.1) is 0 Å². The third-order valence-corrected chi connectivity index (χ3v) is 4.52. The molecule has 1 aromatic heterocycles. The molecule has 0 atom stereocenters. The second-order valence-electron chi connectivity index (χ2n) is 7.75. The quantitative estimate of drug-likeness (QED) is 0.557. The van der Waals surface area contributed by atoms with E-state index in [4.69, 9.17) is 21.9 Å². The number of hydrogen-bond acceptors (Lipinski definition) is 7. The van der Waals surface area contributed by atoms with Crippen molar-refractivity contribution in [3.63, 3.8) is 0 Å². The lowest BCUT2D eigenvalue weighted by molar-refractivity contribution is 0.485. The molecule has 0 unspecified atom stereocenters. The van der Waals surface area contributed by atoms with Crippen LogP contribution in [0.1, 0.15) is 32.0 Å². The maximum absolute atomic E-state index is 6.32. The molecular formula is C21H22N6O. The number of aliphatic imine (C=N–C) groups is 1. The van der Waals surface area contributed by atoms with Crippen LogP contribution in [0.15, 0.2) is 47.5 Å². The number of anilines is 2. The second-order valence-corrected chi connectivity index (χ2v) is 7.75. The molecule has 0 amide bonds. The number of nitrogens with zero attached hydrogens (tertiary/aromatic N) is 3. The molecule has 4 rings (SSSR count). The third-order valence-electron chi connectivity index (χ3n) is 4.52. The number of hydrogen-bond donors (Lipinski definition) is 3. The molecule has 0 aliphatic carbocycles. The number of nitrogens with two attached hydrogens (primary N) is 3. The van der Waals surface area contributed by atoms with E-state index in [9.17, 15) is 0 Å². The van der Waals surface area contributed by atoms with Crippen LogP contribution in [0.4, 0.5) is 17.3 Å². The fourth-order valence-corrected chi connectivity index (χ4v) is 3.08. The van der Waals surface area contributed by atoms with Crippen LogP contribution in [-0.4, -0.2) is 15.8 Å². The highest BCUT2D eigenvalue weighted by molar-refractivity contribution is 6.07. The van der Waals surface area contributed by atoms with Crippen LogP contribution >= 0.6 is 0 Å². The van der Waals surface area contributed by atoms with Gasteiger partial charge < -0.3 is 21.9 Å². The first-order valence-corrected chi connectivity index (χ1v) is 8.93. The van der Waals surface area contributed by atoms with Crippen LogP contribution in [-0.2, 0) is 5.41 Å². The van der Waals surface area contributed by atoms with Gasteiger partial charge in [0.05, 0.1) is 17.0 Å². The Labute approximate surface area is 163 Å². The van der Waals surface area contributed by atoms with Gasteiger partial charge >= 0.3 is 0 Å². The van der Waals surface area contributed by atoms with Crippen LogP contribution in [0.2, 0.25) is 0 Å². The summed E-state index contributed by atoms with van der Waals surface area (Å²) in [6, 6.07) is 13.0. The minimum absolute atomic E-state index is 0.171. The van der Waals surface area contributed by atoms with Gasteiger partial charge in [-0.3, -0.25) is 0 Å². The Morgan fingerprint density at radius 2 is 1.64 bits per heavy atom. The van der Waals surface area contributed by atoms with Gasteiger partial charge in [0.25, 0.3) is 0 Å². The molecule has 0 fully saturated rings. The summed E-state index contributed by atoms with van der Waals surface area (Å²) in [6.07, 6.45) is 0. The van der Waals surface area contributed by atoms with Crippen LogP contribution < -0.4 is 21.9 Å². The zero-order valence-electron chi connectivity index (χ0n) is 16.0. The summed E-state index contributed by atoms with van der Waals surface area (Å²) in [7, 11) is 0. The van der Waals surface area contributed by atoms with E-state index in [0.717, 1.165) is 11.3 Å². The highest BCUT2D eigenvalue weighted by atomic mass is 16.5. The Morgan fingerprint density at radius 1 is 0.893 bits per heavy atom. The first-order valence-electron chi connectivity index (χ1n) is 8.93. The van der Waals surface area contributed by atoms with Gasteiger partial charge in [0.1, 0.15) is 17.3 Å². The molecule has 0 bridgehead atoms. The number of rotatable bonds is 1. The van der Waals surface area contributed by atoms with Gasteiger partial charge in [0.15, 0.2) is 5.75 Å². The zero-order valence-corrected chi connectivity index (χ0v) is 16.0. The van der Waals surface area contributed by atoms with Crippen molar-refractivity contribution >= 4 is 23.2 Å². The molecular weight excluding hydrogens is 352 g/mol. The van der Waals surface area contributed by atoms with E-state index in [1.54, 1.807) is 6.07 Å². The average molecular weight is 374 g/mol. The van der Waals surface area contributed by atoms with Crippen molar-refractivity contribution in [3.8, 4) is 22.8 Å². The minimum Gasteiger partial charge on any atom is -0.454 e. The van der Waals surface area contributed by atoms with Gasteiger partial charge in [-0.2, -0.15) is 0 Å². The molecule has 2 aromatic carbocycles. The Hall–Kier alpha value is -3.61. The summed E-state index contributed by atoms with van der Waals surface area (Å²) in [6.45, 7) is 6.21. The molecule has 7 nitrogen and oxygen atoms in total. The summed E-state index contributed by atoms with van der Waals surface area (Å²) in [5.41, 5.74) is 22.3. The highest BCUT2D eigenvalue weighted by Crippen LogP contribution is 2.41. The van der Waals surface area contributed by atoms with E-state index < -0.39 is 0 Å². The van der Waals surface area contributed by atoms with Gasteiger partial charge in [-0.05, 0) is 30.3 Å². The van der Waals surface area contributed by atoms with Gasteiger partial charge in [-0.1, -0.05) is 32.9 Å². The number of para-hydroxylation sites is 2. The third kappa shape index (κ3) is 3.11. The van der Waals surface area contributed by atoms with Crippen molar-refractivity contribution in [2.75, 3.05) is 11.5 Å². The predicted octanol–water partition coefficient (Wildman–Crippen LogP) is 3.75. The minimum atomic E-state index is -0.171. The molecule has 0 radical (unpaired) electrons. The van der Waals surface area contributed by atoms with Gasteiger partial charge in [-0.25, -0.2) is 15.0 Å². The number of aromatic nitrogens is 2. The summed E-state index contributed by atoms with van der Waals surface area (Å²) >= 11 is 0. The van der Waals surface area contributed by atoms with E-state index in [-0.39, 0.29) is 11.4 Å². The molecule has 0 spiro atoms. The van der Waals surface area contributed by atoms with Crippen molar-refractivity contribution in [3.05, 3.63) is 53.7 Å². The normalized spacial score (nSPS) is 13.0. The number of fused-ring (bicyclic) bond motifs is 2. The molecule has 0 saturated heterocycles. The van der Waals surface area contributed by atoms with Crippen molar-refractivity contribution in [2.24, 2.45) is 10.7 Å². The summed E-state index contributed by atoms with van der Waals surface area (Å²) < 4.78 is 6.09. The fourth-order valence-electron chi connectivity index (χ4n) is 3.08. The molecule has 6 N–H and O–H groups in total. The Bertz CT molecular complexity index is 1110. The number of ether oxygens (including phenoxy) is 1. The lowest BCUT2D eigenvalue weighted by atomic mass is 9.91. The van der Waals surface area contributed by atoms with E-state index >= 15 is 0 Å². The molecule has 142 valence electrons. The van der Waals surface area contributed by atoms with Crippen molar-refractivity contribution < 1.29 is 4.74 Å². The highest BCUT2D eigenvalue weighted by Gasteiger charge is 2.22. The largest absolute Gasteiger partial charge is 0.454 e. The summed E-state index contributed by atoms with van der Waals surface area (Å²) in [5.74, 6) is 1.65. The molecule has 3 aromatic rings. The van der Waals surface area contributed by atoms with E-state index in [0.29, 0.717) is 40.0 Å². The van der Waals surface area contributed by atoms with Crippen molar-refractivity contribution in [2.45, 2.75) is 26.2 Å². The van der Waals surface area contributed by atoms with Crippen LogP contribution in [0.3, 0.4) is 0 Å². The average Bonchev–Trinajstić information content (AvgIpc) is 2.76. The molecule has 0 saturated carbocycles.